The predicted octanol–water partition coefficient (Wildman–Crippen LogP) is 0.0880. The highest BCUT2D eigenvalue weighted by Gasteiger charge is 2.29. The third kappa shape index (κ3) is 6.62. The summed E-state index contributed by atoms with van der Waals surface area (Å²) < 4.78 is 45.7. The molecule has 0 aromatic rings. The van der Waals surface area contributed by atoms with E-state index in [-0.39, 0.29) is 18.6 Å². The summed E-state index contributed by atoms with van der Waals surface area (Å²) >= 11 is 0. The van der Waals surface area contributed by atoms with Crippen LogP contribution in [0.15, 0.2) is 0 Å². The molecule has 2 aliphatic heterocycles. The number of rotatable bonds is 6. The molecule has 0 aliphatic carbocycles. The van der Waals surface area contributed by atoms with Gasteiger partial charge in [0, 0.05) is 45.9 Å². The largest absolute Gasteiger partial charge is 0.411 e. The zero-order chi connectivity index (χ0) is 16.7. The summed E-state index contributed by atoms with van der Waals surface area (Å²) in [6.45, 7) is 4.08. The molecule has 2 aliphatic rings. The SMILES string of the molecule is O=C(C1COCCN1)N1CCN(CCCOCC(F)(F)F)CC1. The van der Waals surface area contributed by atoms with E-state index >= 15 is 0 Å². The lowest BCUT2D eigenvalue weighted by Crippen LogP contribution is -2.57. The Hall–Kier alpha value is -0.900. The molecule has 1 unspecified atom stereocenters. The first-order valence-electron chi connectivity index (χ1n) is 7.92. The molecule has 134 valence electrons. The number of hydrogen-bond donors (Lipinski definition) is 1. The van der Waals surface area contributed by atoms with Gasteiger partial charge in [-0.25, -0.2) is 0 Å². The minimum Gasteiger partial charge on any atom is -0.378 e. The standard InChI is InChI=1S/C14H24F3N3O3/c15-14(16,17)11-23-8-1-3-19-4-6-20(7-5-19)13(21)12-10-22-9-2-18-12/h12,18H,1-11H2. The lowest BCUT2D eigenvalue weighted by molar-refractivity contribution is -0.174. The third-order valence-corrected chi connectivity index (χ3v) is 3.93. The molecular weight excluding hydrogens is 315 g/mol. The van der Waals surface area contributed by atoms with Gasteiger partial charge in [-0.2, -0.15) is 13.2 Å². The molecule has 0 spiro atoms. The first kappa shape index (κ1) is 18.4. The Kier molecular flexibility index (Phi) is 7.07. The Morgan fingerprint density at radius 2 is 2.00 bits per heavy atom. The number of amides is 1. The summed E-state index contributed by atoms with van der Waals surface area (Å²) in [5.74, 6) is 0.0675. The quantitative estimate of drug-likeness (QED) is 0.695. The zero-order valence-electron chi connectivity index (χ0n) is 13.1. The average molecular weight is 339 g/mol. The fourth-order valence-corrected chi connectivity index (χ4v) is 2.71. The fourth-order valence-electron chi connectivity index (χ4n) is 2.71. The van der Waals surface area contributed by atoms with Crippen molar-refractivity contribution >= 4 is 5.91 Å². The van der Waals surface area contributed by atoms with Crippen molar-refractivity contribution in [3.8, 4) is 0 Å². The number of alkyl halides is 3. The lowest BCUT2D eigenvalue weighted by Gasteiger charge is -2.37. The molecule has 2 saturated heterocycles. The normalized spacial score (nSPS) is 24.0. The minimum atomic E-state index is -4.26. The van der Waals surface area contributed by atoms with E-state index in [0.717, 1.165) is 13.1 Å². The molecule has 0 aromatic heterocycles. The molecule has 2 heterocycles. The van der Waals surface area contributed by atoms with Crippen LogP contribution in [0.1, 0.15) is 6.42 Å². The lowest BCUT2D eigenvalue weighted by atomic mass is 10.2. The van der Waals surface area contributed by atoms with E-state index in [2.05, 4.69) is 15.0 Å². The second-order valence-corrected chi connectivity index (χ2v) is 5.77. The van der Waals surface area contributed by atoms with Gasteiger partial charge in [-0.3, -0.25) is 9.69 Å². The Labute approximate surface area is 133 Å². The van der Waals surface area contributed by atoms with Gasteiger partial charge in [0.15, 0.2) is 0 Å². The molecule has 0 aromatic carbocycles. The van der Waals surface area contributed by atoms with Gasteiger partial charge in [0.05, 0.1) is 13.2 Å². The smallest absolute Gasteiger partial charge is 0.378 e. The Morgan fingerprint density at radius 3 is 2.61 bits per heavy atom. The van der Waals surface area contributed by atoms with Crippen LogP contribution in [0.5, 0.6) is 0 Å². The van der Waals surface area contributed by atoms with Gasteiger partial charge >= 0.3 is 6.18 Å². The van der Waals surface area contributed by atoms with Gasteiger partial charge in [-0.05, 0) is 6.42 Å². The van der Waals surface area contributed by atoms with Crippen molar-refractivity contribution in [1.82, 2.24) is 15.1 Å². The topological polar surface area (TPSA) is 54.0 Å². The number of hydrogen-bond acceptors (Lipinski definition) is 5. The van der Waals surface area contributed by atoms with Crippen molar-refractivity contribution in [3.05, 3.63) is 0 Å². The predicted molar refractivity (Wildman–Crippen MR) is 77.1 cm³/mol. The van der Waals surface area contributed by atoms with Crippen molar-refractivity contribution < 1.29 is 27.4 Å². The minimum absolute atomic E-state index is 0.0675. The summed E-state index contributed by atoms with van der Waals surface area (Å²) in [7, 11) is 0. The molecule has 1 atom stereocenters. The van der Waals surface area contributed by atoms with E-state index in [1.54, 1.807) is 0 Å². The molecule has 0 saturated carbocycles. The summed E-state index contributed by atoms with van der Waals surface area (Å²) in [5, 5.41) is 3.15. The van der Waals surface area contributed by atoms with Gasteiger partial charge in [-0.15, -0.1) is 0 Å². The number of ether oxygens (including phenoxy) is 2. The van der Waals surface area contributed by atoms with Gasteiger partial charge < -0.3 is 19.7 Å². The van der Waals surface area contributed by atoms with Crippen LogP contribution in [0, 0.1) is 0 Å². The number of carbonyl (C=O) groups excluding carboxylic acids is 1. The summed E-state index contributed by atoms with van der Waals surface area (Å²) in [6, 6.07) is -0.258. The molecule has 0 bridgehead atoms. The molecule has 6 nitrogen and oxygen atoms in total. The van der Waals surface area contributed by atoms with Crippen LogP contribution in [0.3, 0.4) is 0 Å². The van der Waals surface area contributed by atoms with Crippen molar-refractivity contribution in [1.29, 1.82) is 0 Å². The molecule has 1 N–H and O–H groups in total. The van der Waals surface area contributed by atoms with E-state index in [9.17, 15) is 18.0 Å². The van der Waals surface area contributed by atoms with Crippen LogP contribution < -0.4 is 5.32 Å². The van der Waals surface area contributed by atoms with E-state index in [1.807, 2.05) is 4.90 Å². The van der Waals surface area contributed by atoms with Crippen LogP contribution in [0.2, 0.25) is 0 Å². The molecular formula is C14H24F3N3O3. The van der Waals surface area contributed by atoms with Crippen LogP contribution in [-0.2, 0) is 14.3 Å². The summed E-state index contributed by atoms with van der Waals surface area (Å²) in [6.07, 6.45) is -3.70. The second-order valence-electron chi connectivity index (χ2n) is 5.77. The second kappa shape index (κ2) is 8.81. The van der Waals surface area contributed by atoms with E-state index < -0.39 is 12.8 Å². The highest BCUT2D eigenvalue weighted by molar-refractivity contribution is 5.82. The number of halogens is 3. The molecule has 1 amide bonds. The number of nitrogens with zero attached hydrogens (tertiary/aromatic N) is 2. The Balaban J connectivity index is 1.57. The maximum Gasteiger partial charge on any atom is 0.411 e. The Bertz CT molecular complexity index is 368. The number of morpholine rings is 1. The highest BCUT2D eigenvalue weighted by Crippen LogP contribution is 2.14. The summed E-state index contributed by atoms with van der Waals surface area (Å²) in [5.41, 5.74) is 0. The maximum absolute atomic E-state index is 12.3. The van der Waals surface area contributed by atoms with E-state index in [0.29, 0.717) is 45.8 Å². The van der Waals surface area contributed by atoms with Crippen LogP contribution in [0.4, 0.5) is 13.2 Å². The number of carbonyl (C=O) groups is 1. The maximum atomic E-state index is 12.3. The molecule has 9 heteroatoms. The molecule has 2 rings (SSSR count). The van der Waals surface area contributed by atoms with Crippen molar-refractivity contribution in [2.45, 2.75) is 18.6 Å². The zero-order valence-corrected chi connectivity index (χ0v) is 13.1. The van der Waals surface area contributed by atoms with Crippen molar-refractivity contribution in [2.24, 2.45) is 0 Å². The van der Waals surface area contributed by atoms with Crippen LogP contribution in [0.25, 0.3) is 0 Å². The third-order valence-electron chi connectivity index (χ3n) is 3.93. The van der Waals surface area contributed by atoms with Gasteiger partial charge in [-0.1, -0.05) is 0 Å². The van der Waals surface area contributed by atoms with Gasteiger partial charge in [0.25, 0.3) is 0 Å². The Morgan fingerprint density at radius 1 is 1.26 bits per heavy atom. The summed E-state index contributed by atoms with van der Waals surface area (Å²) in [4.78, 5) is 16.3. The van der Waals surface area contributed by atoms with Gasteiger partial charge in [0.2, 0.25) is 5.91 Å². The van der Waals surface area contributed by atoms with Gasteiger partial charge in [0.1, 0.15) is 12.6 Å². The highest BCUT2D eigenvalue weighted by atomic mass is 19.4. The first-order valence-corrected chi connectivity index (χ1v) is 7.92. The first-order chi connectivity index (χ1) is 11.0. The van der Waals surface area contributed by atoms with E-state index in [4.69, 9.17) is 4.74 Å². The number of nitrogens with one attached hydrogen (secondary N) is 1. The monoisotopic (exact) mass is 339 g/mol. The number of piperazine rings is 1. The fraction of sp³-hybridized carbons (Fsp3) is 0.929. The average Bonchev–Trinajstić information content (AvgIpc) is 2.54. The molecule has 2 fully saturated rings. The molecule has 23 heavy (non-hydrogen) atoms. The van der Waals surface area contributed by atoms with Crippen molar-refractivity contribution in [2.75, 3.05) is 65.7 Å². The van der Waals surface area contributed by atoms with Crippen LogP contribution in [-0.4, -0.2) is 93.6 Å². The van der Waals surface area contributed by atoms with E-state index in [1.165, 1.54) is 0 Å². The molecule has 0 radical (unpaired) electrons. The van der Waals surface area contributed by atoms with Crippen LogP contribution >= 0.6 is 0 Å². The van der Waals surface area contributed by atoms with Crippen molar-refractivity contribution in [3.63, 3.8) is 0 Å².